The maximum absolute atomic E-state index is 5.84. The average Bonchev–Trinajstić information content (AvgIpc) is 2.84. The van der Waals surface area contributed by atoms with Crippen LogP contribution in [0.4, 0.5) is 0 Å². The van der Waals surface area contributed by atoms with E-state index in [9.17, 15) is 0 Å². The Labute approximate surface area is 119 Å². The number of thiophene rings is 1. The highest BCUT2D eigenvalue weighted by Gasteiger charge is 2.02. The van der Waals surface area contributed by atoms with E-state index >= 15 is 0 Å². The maximum atomic E-state index is 5.84. The second kappa shape index (κ2) is 6.43. The van der Waals surface area contributed by atoms with E-state index in [0.29, 0.717) is 12.5 Å². The molecule has 2 aromatic rings. The molecule has 0 N–H and O–H groups in total. The quantitative estimate of drug-likeness (QED) is 0.710. The lowest BCUT2D eigenvalue weighted by Gasteiger charge is -2.07. The minimum absolute atomic E-state index is 0.489. The second-order valence-electron chi connectivity index (χ2n) is 3.56. The topological polar surface area (TPSA) is 9.23 Å². The van der Waals surface area contributed by atoms with Crippen LogP contribution in [0, 0.1) is 0 Å². The van der Waals surface area contributed by atoms with Gasteiger partial charge in [-0.05, 0) is 35.2 Å². The smallest absolute Gasteiger partial charge is 0.119 e. The van der Waals surface area contributed by atoms with E-state index in [0.717, 1.165) is 22.2 Å². The molecule has 0 amide bonds. The van der Waals surface area contributed by atoms with Gasteiger partial charge in [0.2, 0.25) is 0 Å². The predicted octanol–water partition coefficient (Wildman–Crippen LogP) is 4.87. The zero-order valence-electron chi connectivity index (χ0n) is 9.16. The fourth-order valence-electron chi connectivity index (χ4n) is 1.47. The van der Waals surface area contributed by atoms with Gasteiger partial charge in [-0.3, -0.25) is 0 Å². The molecule has 0 spiro atoms. The van der Waals surface area contributed by atoms with Gasteiger partial charge in [0.15, 0.2) is 0 Å². The summed E-state index contributed by atoms with van der Waals surface area (Å²) in [7, 11) is 0. The summed E-state index contributed by atoms with van der Waals surface area (Å²) in [5.74, 6) is 1.36. The van der Waals surface area contributed by atoms with Crippen LogP contribution in [0.25, 0.3) is 0 Å². The highest BCUT2D eigenvalue weighted by molar-refractivity contribution is 9.10. The monoisotopic (exact) mass is 330 g/mol. The van der Waals surface area contributed by atoms with Gasteiger partial charge in [0, 0.05) is 21.7 Å². The Morgan fingerprint density at radius 2 is 2.18 bits per heavy atom. The van der Waals surface area contributed by atoms with Crippen molar-refractivity contribution in [3.8, 4) is 5.75 Å². The summed E-state index contributed by atoms with van der Waals surface area (Å²) in [4.78, 5) is 1.35. The largest absolute Gasteiger partial charge is 0.493 e. The number of alkyl halides is 1. The van der Waals surface area contributed by atoms with Crippen LogP contribution in [0.2, 0.25) is 0 Å². The molecule has 0 radical (unpaired) electrons. The Morgan fingerprint density at radius 3 is 2.88 bits per heavy atom. The molecule has 17 heavy (non-hydrogen) atoms. The van der Waals surface area contributed by atoms with Crippen LogP contribution in [0.15, 0.2) is 40.2 Å². The third-order valence-corrected chi connectivity index (χ3v) is 4.36. The molecule has 0 bridgehead atoms. The van der Waals surface area contributed by atoms with Crippen molar-refractivity contribution in [2.75, 3.05) is 6.61 Å². The first kappa shape index (κ1) is 12.9. The SMILES string of the molecule is ClCc1cc(OCCc2cccs2)ccc1Br. The summed E-state index contributed by atoms with van der Waals surface area (Å²) in [6.07, 6.45) is 0.948. The number of rotatable bonds is 5. The molecule has 0 aliphatic rings. The fourth-order valence-corrected chi connectivity index (χ4v) is 2.93. The molecule has 0 saturated heterocycles. The molecule has 0 atom stereocenters. The van der Waals surface area contributed by atoms with Gasteiger partial charge in [0.25, 0.3) is 0 Å². The number of hydrogen-bond donors (Lipinski definition) is 0. The first-order valence-corrected chi connectivity index (χ1v) is 7.50. The Bertz CT molecular complexity index is 470. The van der Waals surface area contributed by atoms with Crippen LogP contribution in [-0.4, -0.2) is 6.61 Å². The van der Waals surface area contributed by atoms with Crippen LogP contribution < -0.4 is 4.74 Å². The van der Waals surface area contributed by atoms with Crippen LogP contribution in [0.1, 0.15) is 10.4 Å². The molecule has 0 fully saturated rings. The van der Waals surface area contributed by atoms with Crippen molar-refractivity contribution in [3.63, 3.8) is 0 Å². The van der Waals surface area contributed by atoms with E-state index in [2.05, 4.69) is 33.4 Å². The van der Waals surface area contributed by atoms with Gasteiger partial charge in [-0.25, -0.2) is 0 Å². The molecule has 0 aliphatic carbocycles. The van der Waals surface area contributed by atoms with E-state index in [1.807, 2.05) is 18.2 Å². The van der Waals surface area contributed by atoms with Gasteiger partial charge in [-0.1, -0.05) is 22.0 Å². The molecule has 0 unspecified atom stereocenters. The van der Waals surface area contributed by atoms with Crippen molar-refractivity contribution in [3.05, 3.63) is 50.6 Å². The molecule has 1 heterocycles. The molecule has 1 aromatic carbocycles. The normalized spacial score (nSPS) is 10.5. The maximum Gasteiger partial charge on any atom is 0.119 e. The lowest BCUT2D eigenvalue weighted by atomic mass is 10.2. The van der Waals surface area contributed by atoms with Crippen LogP contribution in [0.5, 0.6) is 5.75 Å². The zero-order chi connectivity index (χ0) is 12.1. The molecular formula is C13H12BrClOS. The van der Waals surface area contributed by atoms with Gasteiger partial charge >= 0.3 is 0 Å². The van der Waals surface area contributed by atoms with Crippen molar-refractivity contribution in [1.29, 1.82) is 0 Å². The number of benzene rings is 1. The Kier molecular flexibility index (Phi) is 4.89. The molecule has 90 valence electrons. The molecule has 2 rings (SSSR count). The first-order chi connectivity index (χ1) is 8.29. The number of ether oxygens (including phenoxy) is 1. The molecule has 0 saturated carbocycles. The van der Waals surface area contributed by atoms with Crippen molar-refractivity contribution >= 4 is 38.9 Å². The summed E-state index contributed by atoms with van der Waals surface area (Å²) in [6, 6.07) is 10.1. The van der Waals surface area contributed by atoms with Crippen molar-refractivity contribution in [1.82, 2.24) is 0 Å². The molecule has 0 aliphatic heterocycles. The van der Waals surface area contributed by atoms with E-state index in [-0.39, 0.29) is 0 Å². The lowest BCUT2D eigenvalue weighted by Crippen LogP contribution is -2.00. The van der Waals surface area contributed by atoms with Crippen LogP contribution in [-0.2, 0) is 12.3 Å². The summed E-state index contributed by atoms with van der Waals surface area (Å²) in [5, 5.41) is 2.08. The Hall–Kier alpha value is -0.510. The third-order valence-electron chi connectivity index (χ3n) is 2.36. The van der Waals surface area contributed by atoms with E-state index < -0.39 is 0 Å². The van der Waals surface area contributed by atoms with Gasteiger partial charge < -0.3 is 4.74 Å². The highest BCUT2D eigenvalue weighted by atomic mass is 79.9. The standard InChI is InChI=1S/C13H12BrClOS/c14-13-4-3-11(8-10(13)9-15)16-6-5-12-2-1-7-17-12/h1-4,7-8H,5-6,9H2. The van der Waals surface area contributed by atoms with Gasteiger partial charge in [-0.2, -0.15) is 0 Å². The van der Waals surface area contributed by atoms with Gasteiger partial charge in [0.05, 0.1) is 6.61 Å². The Balaban J connectivity index is 1.90. The predicted molar refractivity (Wildman–Crippen MR) is 77.2 cm³/mol. The third kappa shape index (κ3) is 3.73. The zero-order valence-corrected chi connectivity index (χ0v) is 12.3. The second-order valence-corrected chi connectivity index (χ2v) is 5.72. The van der Waals surface area contributed by atoms with Crippen molar-refractivity contribution in [2.24, 2.45) is 0 Å². The molecular weight excluding hydrogens is 320 g/mol. The van der Waals surface area contributed by atoms with E-state index in [4.69, 9.17) is 16.3 Å². The van der Waals surface area contributed by atoms with Crippen molar-refractivity contribution in [2.45, 2.75) is 12.3 Å². The van der Waals surface area contributed by atoms with E-state index in [1.165, 1.54) is 4.88 Å². The first-order valence-electron chi connectivity index (χ1n) is 5.29. The summed E-state index contributed by atoms with van der Waals surface area (Å²) >= 11 is 11.0. The minimum Gasteiger partial charge on any atom is -0.493 e. The summed E-state index contributed by atoms with van der Waals surface area (Å²) in [5.41, 5.74) is 1.06. The Morgan fingerprint density at radius 1 is 1.29 bits per heavy atom. The van der Waals surface area contributed by atoms with Crippen LogP contribution >= 0.6 is 38.9 Å². The van der Waals surface area contributed by atoms with E-state index in [1.54, 1.807) is 11.3 Å². The van der Waals surface area contributed by atoms with Crippen molar-refractivity contribution < 1.29 is 4.74 Å². The highest BCUT2D eigenvalue weighted by Crippen LogP contribution is 2.24. The molecule has 1 aromatic heterocycles. The molecule has 4 heteroatoms. The number of halogens is 2. The minimum atomic E-state index is 0.489. The lowest BCUT2D eigenvalue weighted by molar-refractivity contribution is 0.322. The van der Waals surface area contributed by atoms with Gasteiger partial charge in [-0.15, -0.1) is 22.9 Å². The summed E-state index contributed by atoms with van der Waals surface area (Å²) in [6.45, 7) is 0.698. The molecule has 1 nitrogen and oxygen atoms in total. The number of hydrogen-bond acceptors (Lipinski definition) is 2. The van der Waals surface area contributed by atoms with Gasteiger partial charge in [0.1, 0.15) is 5.75 Å². The average molecular weight is 332 g/mol. The summed E-state index contributed by atoms with van der Waals surface area (Å²) < 4.78 is 6.73. The fraction of sp³-hybridized carbons (Fsp3) is 0.231. The van der Waals surface area contributed by atoms with Crippen LogP contribution in [0.3, 0.4) is 0 Å².